The summed E-state index contributed by atoms with van der Waals surface area (Å²) < 4.78 is 5.78. The smallest absolute Gasteiger partial charge is 0.279 e. The Labute approximate surface area is 153 Å². The minimum absolute atomic E-state index is 0.0644. The van der Waals surface area contributed by atoms with E-state index in [1.165, 1.54) is 9.78 Å². The number of hydrogen-bond acceptors (Lipinski definition) is 3. The molecule has 1 fully saturated rings. The van der Waals surface area contributed by atoms with Crippen LogP contribution in [0.3, 0.4) is 0 Å². The van der Waals surface area contributed by atoms with E-state index in [0.29, 0.717) is 6.54 Å². The van der Waals surface area contributed by atoms with Crippen LogP contribution in [0.2, 0.25) is 0 Å². The van der Waals surface area contributed by atoms with Crippen molar-refractivity contribution in [2.24, 2.45) is 0 Å². The summed E-state index contributed by atoms with van der Waals surface area (Å²) in [5.41, 5.74) is 3.21. The van der Waals surface area contributed by atoms with Gasteiger partial charge in [-0.1, -0.05) is 12.1 Å². The zero-order valence-corrected chi connectivity index (χ0v) is 15.8. The summed E-state index contributed by atoms with van der Waals surface area (Å²) in [5.74, 6) is 0.0644. The summed E-state index contributed by atoms with van der Waals surface area (Å²) in [7, 11) is 0. The third kappa shape index (κ3) is 5.66. The van der Waals surface area contributed by atoms with E-state index in [1.54, 1.807) is 11.3 Å². The fourth-order valence-electron chi connectivity index (χ4n) is 3.47. The van der Waals surface area contributed by atoms with E-state index in [4.69, 9.17) is 4.74 Å². The van der Waals surface area contributed by atoms with Gasteiger partial charge in [0.15, 0.2) is 6.54 Å². The van der Waals surface area contributed by atoms with Crippen molar-refractivity contribution in [3.8, 4) is 0 Å². The van der Waals surface area contributed by atoms with Gasteiger partial charge in [-0.2, -0.15) is 0 Å². The van der Waals surface area contributed by atoms with Crippen LogP contribution in [0, 0.1) is 13.8 Å². The number of carbonyl (C=O) groups is 1. The van der Waals surface area contributed by atoms with Crippen LogP contribution in [0.25, 0.3) is 0 Å². The van der Waals surface area contributed by atoms with Crippen LogP contribution in [-0.2, 0) is 16.1 Å². The molecule has 1 saturated heterocycles. The van der Waals surface area contributed by atoms with Crippen molar-refractivity contribution >= 4 is 22.9 Å². The molecule has 3 rings (SSSR count). The number of carbonyl (C=O) groups excluding carboxylic acids is 1. The highest BCUT2D eigenvalue weighted by atomic mass is 32.1. The number of hydrogen-bond donors (Lipinski definition) is 2. The number of nitrogens with one attached hydrogen (secondary N) is 2. The van der Waals surface area contributed by atoms with E-state index >= 15 is 0 Å². The van der Waals surface area contributed by atoms with Gasteiger partial charge in [-0.15, -0.1) is 11.3 Å². The fourth-order valence-corrected chi connectivity index (χ4v) is 4.25. The molecule has 1 unspecified atom stereocenters. The first-order valence-electron chi connectivity index (χ1n) is 8.94. The van der Waals surface area contributed by atoms with Gasteiger partial charge in [0.1, 0.15) is 19.2 Å². The lowest BCUT2D eigenvalue weighted by Gasteiger charge is -2.21. The minimum Gasteiger partial charge on any atom is -0.372 e. The van der Waals surface area contributed by atoms with Crippen molar-refractivity contribution in [3.63, 3.8) is 0 Å². The summed E-state index contributed by atoms with van der Waals surface area (Å²) in [6, 6.07) is 10.4. The molecule has 0 aliphatic carbocycles. The first-order chi connectivity index (χ1) is 12.1. The predicted octanol–water partition coefficient (Wildman–Crippen LogP) is 2.57. The summed E-state index contributed by atoms with van der Waals surface area (Å²) in [5, 5.41) is 5.15. The Bertz CT molecular complexity index is 673. The molecule has 0 bridgehead atoms. The molecule has 1 aliphatic rings. The molecule has 2 atom stereocenters. The maximum Gasteiger partial charge on any atom is 0.279 e. The second-order valence-electron chi connectivity index (χ2n) is 6.95. The molecule has 1 aromatic carbocycles. The molecule has 1 amide bonds. The van der Waals surface area contributed by atoms with Crippen molar-refractivity contribution in [2.75, 3.05) is 25.0 Å². The Hall–Kier alpha value is -1.69. The van der Waals surface area contributed by atoms with Crippen molar-refractivity contribution < 1.29 is 14.4 Å². The second kappa shape index (κ2) is 8.61. The van der Waals surface area contributed by atoms with Crippen molar-refractivity contribution in [3.05, 3.63) is 51.7 Å². The summed E-state index contributed by atoms with van der Waals surface area (Å²) in [6.45, 7) is 7.18. The summed E-state index contributed by atoms with van der Waals surface area (Å²) >= 11 is 1.75. The molecule has 1 aliphatic heterocycles. The van der Waals surface area contributed by atoms with Crippen LogP contribution in [0.1, 0.15) is 28.8 Å². The largest absolute Gasteiger partial charge is 0.372 e. The molecule has 0 spiro atoms. The Balaban J connectivity index is 1.62. The van der Waals surface area contributed by atoms with E-state index in [-0.39, 0.29) is 12.0 Å². The lowest BCUT2D eigenvalue weighted by atomic mass is 10.1. The number of rotatable bonds is 7. The Kier molecular flexibility index (Phi) is 6.24. The molecular weight excluding hydrogens is 332 g/mol. The molecule has 2 N–H and O–H groups in total. The van der Waals surface area contributed by atoms with Crippen LogP contribution in [-0.4, -0.2) is 31.7 Å². The Morgan fingerprint density at radius 3 is 2.76 bits per heavy atom. The van der Waals surface area contributed by atoms with Crippen LogP contribution in [0.5, 0.6) is 0 Å². The standard InChI is InChI=1S/C20H26N2O2S/c1-15-9-16(2)11-17(10-15)21-20(23)14-22(12-18-5-3-7-24-18)13-19-6-4-8-25-19/h4,6,8-11,18H,3,5,7,12-14H2,1-2H3,(H,21,23)/p+1/t18-/m1/s1. The van der Waals surface area contributed by atoms with Crippen LogP contribution >= 0.6 is 11.3 Å². The lowest BCUT2D eigenvalue weighted by molar-refractivity contribution is -0.908. The number of quaternary nitrogens is 1. The number of aryl methyl sites for hydroxylation is 2. The van der Waals surface area contributed by atoms with Gasteiger partial charge < -0.3 is 15.0 Å². The van der Waals surface area contributed by atoms with E-state index < -0.39 is 0 Å². The third-order valence-electron chi connectivity index (χ3n) is 4.46. The molecule has 1 aromatic heterocycles. The SMILES string of the molecule is Cc1cc(C)cc(NC(=O)C[NH+](Cc2cccs2)C[C@H]2CCCO2)c1. The maximum atomic E-state index is 12.6. The van der Waals surface area contributed by atoms with Gasteiger partial charge >= 0.3 is 0 Å². The quantitative estimate of drug-likeness (QED) is 0.798. The fraction of sp³-hybridized carbons (Fsp3) is 0.450. The minimum atomic E-state index is 0.0644. The summed E-state index contributed by atoms with van der Waals surface area (Å²) in [4.78, 5) is 15.2. The Morgan fingerprint density at radius 1 is 1.32 bits per heavy atom. The lowest BCUT2D eigenvalue weighted by Crippen LogP contribution is -3.12. The maximum absolute atomic E-state index is 12.6. The van der Waals surface area contributed by atoms with Gasteiger partial charge in [0.25, 0.3) is 5.91 Å². The van der Waals surface area contributed by atoms with Crippen LogP contribution in [0.4, 0.5) is 5.69 Å². The van der Waals surface area contributed by atoms with Gasteiger partial charge in [0.2, 0.25) is 0 Å². The van der Waals surface area contributed by atoms with Gasteiger partial charge in [0, 0.05) is 12.3 Å². The van der Waals surface area contributed by atoms with Gasteiger partial charge in [0.05, 0.1) is 4.88 Å². The van der Waals surface area contributed by atoms with Gasteiger partial charge in [-0.05, 0) is 61.4 Å². The average Bonchev–Trinajstić information content (AvgIpc) is 3.19. The number of thiophene rings is 1. The van der Waals surface area contributed by atoms with Crippen molar-refractivity contribution in [1.82, 2.24) is 0 Å². The number of amides is 1. The third-order valence-corrected chi connectivity index (χ3v) is 5.34. The molecule has 134 valence electrons. The van der Waals surface area contributed by atoms with E-state index in [2.05, 4.69) is 42.7 Å². The molecule has 4 nitrogen and oxygen atoms in total. The zero-order chi connectivity index (χ0) is 17.6. The molecule has 0 radical (unpaired) electrons. The molecular formula is C20H27N2O2S+. The van der Waals surface area contributed by atoms with Crippen LogP contribution in [0.15, 0.2) is 35.7 Å². The number of ether oxygens (including phenoxy) is 1. The molecule has 2 heterocycles. The van der Waals surface area contributed by atoms with Crippen molar-refractivity contribution in [2.45, 2.75) is 39.3 Å². The topological polar surface area (TPSA) is 42.8 Å². The van der Waals surface area contributed by atoms with E-state index in [0.717, 1.165) is 49.4 Å². The molecule has 0 saturated carbocycles. The highest BCUT2D eigenvalue weighted by Crippen LogP contribution is 2.14. The summed E-state index contributed by atoms with van der Waals surface area (Å²) in [6.07, 6.45) is 2.52. The van der Waals surface area contributed by atoms with Gasteiger partial charge in [-0.3, -0.25) is 4.79 Å². The highest BCUT2D eigenvalue weighted by molar-refractivity contribution is 7.09. The predicted molar refractivity (Wildman–Crippen MR) is 102 cm³/mol. The molecule has 5 heteroatoms. The average molecular weight is 360 g/mol. The van der Waals surface area contributed by atoms with Crippen LogP contribution < -0.4 is 10.2 Å². The highest BCUT2D eigenvalue weighted by Gasteiger charge is 2.24. The normalized spacial score (nSPS) is 18.2. The van der Waals surface area contributed by atoms with Crippen molar-refractivity contribution in [1.29, 1.82) is 0 Å². The van der Waals surface area contributed by atoms with E-state index in [1.807, 2.05) is 12.1 Å². The number of anilines is 1. The first kappa shape index (κ1) is 18.1. The van der Waals surface area contributed by atoms with E-state index in [9.17, 15) is 4.79 Å². The van der Waals surface area contributed by atoms with Gasteiger partial charge in [-0.25, -0.2) is 0 Å². The second-order valence-corrected chi connectivity index (χ2v) is 7.98. The monoisotopic (exact) mass is 359 g/mol. The first-order valence-corrected chi connectivity index (χ1v) is 9.82. The molecule has 2 aromatic rings. The zero-order valence-electron chi connectivity index (χ0n) is 15.0. The number of benzene rings is 1. The molecule has 25 heavy (non-hydrogen) atoms. The Morgan fingerprint density at radius 2 is 2.12 bits per heavy atom.